The van der Waals surface area contributed by atoms with E-state index in [-0.39, 0.29) is 23.3 Å². The molecule has 1 aromatic rings. The molecule has 0 aliphatic carbocycles. The van der Waals surface area contributed by atoms with Crippen molar-refractivity contribution in [2.45, 2.75) is 59.5 Å². The van der Waals surface area contributed by atoms with Crippen molar-refractivity contribution in [3.05, 3.63) is 4.88 Å². The Morgan fingerprint density at radius 1 is 1.35 bits per heavy atom. The fourth-order valence-corrected chi connectivity index (χ4v) is 2.92. The number of carbonyl (C=O) groups excluding carboxylic acids is 1. The van der Waals surface area contributed by atoms with Crippen molar-refractivity contribution in [3.8, 4) is 0 Å². The zero-order chi connectivity index (χ0) is 15.5. The van der Waals surface area contributed by atoms with Crippen LogP contribution in [0.25, 0.3) is 0 Å². The molecule has 0 bridgehead atoms. The molecule has 0 saturated heterocycles. The largest absolute Gasteiger partial charge is 0.382 e. The molecule has 4 N–H and O–H groups in total. The molecule has 5 nitrogen and oxygen atoms in total. The lowest BCUT2D eigenvalue weighted by atomic mass is 10.1. The lowest BCUT2D eigenvalue weighted by Gasteiger charge is -2.19. The molecule has 1 heterocycles. The van der Waals surface area contributed by atoms with Gasteiger partial charge in [0.1, 0.15) is 10.7 Å². The number of nitrogens with two attached hydrogens (primary N) is 1. The van der Waals surface area contributed by atoms with Crippen molar-refractivity contribution >= 4 is 28.2 Å². The Kier molecular flexibility index (Phi) is 5.39. The molecule has 1 unspecified atom stereocenters. The van der Waals surface area contributed by atoms with Gasteiger partial charge >= 0.3 is 0 Å². The van der Waals surface area contributed by atoms with Crippen LogP contribution in [0.2, 0.25) is 0 Å². The maximum atomic E-state index is 12.2. The van der Waals surface area contributed by atoms with Gasteiger partial charge in [0.2, 0.25) is 0 Å². The number of carbonyl (C=O) groups is 1. The Morgan fingerprint density at radius 3 is 2.45 bits per heavy atom. The van der Waals surface area contributed by atoms with Gasteiger partial charge in [-0.3, -0.25) is 4.79 Å². The fraction of sp³-hybridized carbons (Fsp3) is 0.714. The highest BCUT2D eigenvalue weighted by Gasteiger charge is 2.20. The van der Waals surface area contributed by atoms with E-state index in [0.717, 1.165) is 6.42 Å². The molecule has 0 radical (unpaired) electrons. The third kappa shape index (κ3) is 5.36. The second-order valence-electron chi connectivity index (χ2n) is 6.61. The van der Waals surface area contributed by atoms with Crippen molar-refractivity contribution in [1.29, 1.82) is 0 Å². The van der Waals surface area contributed by atoms with E-state index in [4.69, 9.17) is 5.73 Å². The molecule has 1 atom stereocenters. The van der Waals surface area contributed by atoms with E-state index in [1.807, 2.05) is 27.7 Å². The van der Waals surface area contributed by atoms with Gasteiger partial charge in [-0.2, -0.15) is 0 Å². The number of aromatic nitrogens is 1. The molecule has 1 amide bonds. The van der Waals surface area contributed by atoms with Crippen LogP contribution >= 0.6 is 11.3 Å². The van der Waals surface area contributed by atoms with E-state index in [9.17, 15) is 4.79 Å². The molecule has 0 aliphatic heterocycles. The Morgan fingerprint density at radius 2 is 1.95 bits per heavy atom. The standard InChI is InChI=1S/C14H26N4OS/c1-8(2)7-9(3)16-12(19)10-11(15)17-13(20-10)18-14(4,5)6/h8-9H,7,15H2,1-6H3,(H,16,19)(H,17,18). The van der Waals surface area contributed by atoms with Gasteiger partial charge in [0.25, 0.3) is 5.91 Å². The smallest absolute Gasteiger partial charge is 0.265 e. The summed E-state index contributed by atoms with van der Waals surface area (Å²) in [4.78, 5) is 16.9. The minimum absolute atomic E-state index is 0.108. The fourth-order valence-electron chi connectivity index (χ4n) is 1.92. The Hall–Kier alpha value is -1.30. The van der Waals surface area contributed by atoms with Gasteiger partial charge in [-0.05, 0) is 40.0 Å². The molecule has 0 fully saturated rings. The van der Waals surface area contributed by atoms with Crippen LogP contribution in [-0.2, 0) is 0 Å². The highest BCUT2D eigenvalue weighted by atomic mass is 32.1. The first-order valence-electron chi connectivity index (χ1n) is 6.94. The van der Waals surface area contributed by atoms with Crippen LogP contribution in [0.3, 0.4) is 0 Å². The molecule has 0 saturated carbocycles. The second-order valence-corrected chi connectivity index (χ2v) is 7.61. The van der Waals surface area contributed by atoms with Gasteiger partial charge in [0, 0.05) is 11.6 Å². The number of nitrogens with one attached hydrogen (secondary N) is 2. The van der Waals surface area contributed by atoms with E-state index in [2.05, 4.69) is 29.5 Å². The molecule has 1 rings (SSSR count). The summed E-state index contributed by atoms with van der Waals surface area (Å²) in [5, 5.41) is 6.88. The topological polar surface area (TPSA) is 80.0 Å². The molecular weight excluding hydrogens is 272 g/mol. The highest BCUT2D eigenvalue weighted by molar-refractivity contribution is 7.18. The van der Waals surface area contributed by atoms with Crippen molar-refractivity contribution in [3.63, 3.8) is 0 Å². The van der Waals surface area contributed by atoms with E-state index in [1.165, 1.54) is 11.3 Å². The summed E-state index contributed by atoms with van der Waals surface area (Å²) in [6.45, 7) is 12.4. The van der Waals surface area contributed by atoms with Gasteiger partial charge < -0.3 is 16.4 Å². The van der Waals surface area contributed by atoms with Crippen LogP contribution in [0, 0.1) is 5.92 Å². The summed E-state index contributed by atoms with van der Waals surface area (Å²) in [6, 6.07) is 0.128. The minimum Gasteiger partial charge on any atom is -0.382 e. The average molecular weight is 298 g/mol. The van der Waals surface area contributed by atoms with Crippen molar-refractivity contribution in [2.75, 3.05) is 11.1 Å². The SMILES string of the molecule is CC(C)CC(C)NC(=O)c1sc(NC(C)(C)C)nc1N. The molecule has 0 spiro atoms. The zero-order valence-corrected chi connectivity index (χ0v) is 14.0. The summed E-state index contributed by atoms with van der Waals surface area (Å²) < 4.78 is 0. The number of amides is 1. The average Bonchev–Trinajstić information content (AvgIpc) is 2.54. The highest BCUT2D eigenvalue weighted by Crippen LogP contribution is 2.27. The minimum atomic E-state index is -0.143. The number of nitrogen functional groups attached to an aromatic ring is 1. The monoisotopic (exact) mass is 298 g/mol. The van der Waals surface area contributed by atoms with Crippen LogP contribution in [0.4, 0.5) is 10.9 Å². The number of hydrogen-bond acceptors (Lipinski definition) is 5. The Labute approximate surface area is 125 Å². The van der Waals surface area contributed by atoms with Gasteiger partial charge in [0.05, 0.1) is 0 Å². The first-order valence-corrected chi connectivity index (χ1v) is 7.75. The summed E-state index contributed by atoms with van der Waals surface area (Å²) in [6.07, 6.45) is 0.942. The van der Waals surface area contributed by atoms with E-state index in [1.54, 1.807) is 0 Å². The molecule has 6 heteroatoms. The summed E-state index contributed by atoms with van der Waals surface area (Å²) in [7, 11) is 0. The number of anilines is 2. The van der Waals surface area contributed by atoms with Crippen LogP contribution < -0.4 is 16.4 Å². The van der Waals surface area contributed by atoms with Crippen molar-refractivity contribution in [2.24, 2.45) is 5.92 Å². The van der Waals surface area contributed by atoms with E-state index < -0.39 is 0 Å². The Bertz CT molecular complexity index is 462. The number of thiazole rings is 1. The van der Waals surface area contributed by atoms with Gasteiger partial charge in [-0.1, -0.05) is 25.2 Å². The van der Waals surface area contributed by atoms with Crippen LogP contribution in [0.5, 0.6) is 0 Å². The molecular formula is C14H26N4OS. The maximum absolute atomic E-state index is 12.2. The normalized spacial score (nSPS) is 13.3. The van der Waals surface area contributed by atoms with Gasteiger partial charge in [-0.15, -0.1) is 0 Å². The lowest BCUT2D eigenvalue weighted by Crippen LogP contribution is -2.33. The van der Waals surface area contributed by atoms with Crippen LogP contribution in [-0.4, -0.2) is 22.5 Å². The van der Waals surface area contributed by atoms with E-state index in [0.29, 0.717) is 15.9 Å². The Balaban J connectivity index is 2.74. The molecule has 114 valence electrons. The van der Waals surface area contributed by atoms with E-state index >= 15 is 0 Å². The summed E-state index contributed by atoms with van der Waals surface area (Å²) in [5.41, 5.74) is 5.73. The molecule has 20 heavy (non-hydrogen) atoms. The number of rotatable bonds is 5. The molecule has 0 aromatic carbocycles. The first kappa shape index (κ1) is 16.8. The van der Waals surface area contributed by atoms with Crippen LogP contribution in [0.15, 0.2) is 0 Å². The number of nitrogens with zero attached hydrogens (tertiary/aromatic N) is 1. The third-order valence-corrected chi connectivity index (χ3v) is 3.53. The van der Waals surface area contributed by atoms with Gasteiger partial charge in [-0.25, -0.2) is 4.98 Å². The molecule has 0 aliphatic rings. The number of hydrogen-bond donors (Lipinski definition) is 3. The quantitative estimate of drug-likeness (QED) is 0.780. The predicted molar refractivity (Wildman–Crippen MR) is 86.3 cm³/mol. The van der Waals surface area contributed by atoms with Crippen molar-refractivity contribution in [1.82, 2.24) is 10.3 Å². The first-order chi connectivity index (χ1) is 9.08. The van der Waals surface area contributed by atoms with Gasteiger partial charge in [0.15, 0.2) is 5.13 Å². The van der Waals surface area contributed by atoms with Crippen molar-refractivity contribution < 1.29 is 4.79 Å². The van der Waals surface area contributed by atoms with Crippen LogP contribution in [0.1, 0.15) is 57.6 Å². The lowest BCUT2D eigenvalue weighted by molar-refractivity contribution is 0.0941. The predicted octanol–water partition coefficient (Wildman–Crippen LogP) is 3.10. The summed E-state index contributed by atoms with van der Waals surface area (Å²) >= 11 is 1.30. The third-order valence-electron chi connectivity index (χ3n) is 2.54. The summed E-state index contributed by atoms with van der Waals surface area (Å²) in [5.74, 6) is 0.688. The maximum Gasteiger partial charge on any atom is 0.265 e. The second kappa shape index (κ2) is 6.43. The zero-order valence-electron chi connectivity index (χ0n) is 13.2. The molecule has 1 aromatic heterocycles.